The van der Waals surface area contributed by atoms with Gasteiger partial charge in [0.2, 0.25) is 11.8 Å². The quantitative estimate of drug-likeness (QED) is 0.450. The fourth-order valence-electron chi connectivity index (χ4n) is 5.10. The number of hydrogen-bond donors (Lipinski definition) is 3. The molecule has 0 aromatic carbocycles. The lowest BCUT2D eigenvalue weighted by Gasteiger charge is -2.32. The van der Waals surface area contributed by atoms with E-state index in [0.717, 1.165) is 44.7 Å². The van der Waals surface area contributed by atoms with Crippen molar-refractivity contribution in [2.45, 2.75) is 57.8 Å². The Bertz CT molecular complexity index is 1010. The first-order valence-corrected chi connectivity index (χ1v) is 12.8. The summed E-state index contributed by atoms with van der Waals surface area (Å²) >= 11 is 0. The first kappa shape index (κ1) is 26.2. The van der Waals surface area contributed by atoms with Gasteiger partial charge >= 0.3 is 0 Å². The molecule has 0 spiro atoms. The molecule has 0 bridgehead atoms. The number of pyridine rings is 1. The highest BCUT2D eigenvalue weighted by Crippen LogP contribution is 2.27. The molecule has 0 aliphatic carbocycles. The number of aliphatic hydroxyl groups is 1. The Morgan fingerprint density at radius 2 is 2.06 bits per heavy atom. The van der Waals surface area contributed by atoms with E-state index in [2.05, 4.69) is 30.8 Å². The van der Waals surface area contributed by atoms with Crippen molar-refractivity contribution < 1.29 is 14.7 Å². The van der Waals surface area contributed by atoms with Gasteiger partial charge in [0.15, 0.2) is 0 Å². The molecule has 3 N–H and O–H groups in total. The molecule has 0 saturated carbocycles. The smallest absolute Gasteiger partial charge is 0.248 e. The van der Waals surface area contributed by atoms with E-state index < -0.39 is 18.2 Å². The molecule has 4 heterocycles. The number of β-amino-alcohol motifs (C(OH)–C–C–N with tert-alkyl or cyclic N) is 1. The van der Waals surface area contributed by atoms with E-state index in [0.29, 0.717) is 5.69 Å². The van der Waals surface area contributed by atoms with E-state index in [4.69, 9.17) is 0 Å². The number of carbonyl (C=O) groups is 2. The van der Waals surface area contributed by atoms with Crippen LogP contribution in [0.3, 0.4) is 0 Å². The topological polar surface area (TPSA) is 129 Å². The highest BCUT2D eigenvalue weighted by Gasteiger charge is 2.43. The van der Waals surface area contributed by atoms with Crippen molar-refractivity contribution in [1.82, 2.24) is 40.4 Å². The van der Waals surface area contributed by atoms with Gasteiger partial charge in [-0.1, -0.05) is 25.1 Å². The highest BCUT2D eigenvalue weighted by molar-refractivity contribution is 5.90. The SMILES string of the molecule is Cc1cn([C@H](C(=O)N2C[C@H](O)C[C@H]2C(=O)N[C@@H](CCN2CCNCC2)c2cccnc2)C(C)C)nn1. The Labute approximate surface area is 212 Å². The van der Waals surface area contributed by atoms with Gasteiger partial charge in [-0.05, 0) is 30.9 Å². The van der Waals surface area contributed by atoms with Crippen LogP contribution in [0.2, 0.25) is 0 Å². The molecule has 36 heavy (non-hydrogen) atoms. The average Bonchev–Trinajstić information content (AvgIpc) is 3.48. The summed E-state index contributed by atoms with van der Waals surface area (Å²) < 4.78 is 1.56. The van der Waals surface area contributed by atoms with Gasteiger partial charge in [0.05, 0.1) is 17.8 Å². The van der Waals surface area contributed by atoms with E-state index in [1.165, 1.54) is 4.90 Å². The van der Waals surface area contributed by atoms with Gasteiger partial charge in [0, 0.05) is 64.3 Å². The van der Waals surface area contributed by atoms with Gasteiger partial charge in [-0.25, -0.2) is 4.68 Å². The Hall–Kier alpha value is -2.89. The van der Waals surface area contributed by atoms with Crippen LogP contribution in [0.25, 0.3) is 0 Å². The van der Waals surface area contributed by atoms with Crippen molar-refractivity contribution in [2.75, 3.05) is 39.3 Å². The van der Waals surface area contributed by atoms with Gasteiger partial charge in [-0.15, -0.1) is 5.10 Å². The van der Waals surface area contributed by atoms with Crippen molar-refractivity contribution in [2.24, 2.45) is 5.92 Å². The number of aromatic nitrogens is 4. The number of piperazine rings is 1. The summed E-state index contributed by atoms with van der Waals surface area (Å²) in [6.07, 6.45) is 5.40. The highest BCUT2D eigenvalue weighted by atomic mass is 16.3. The molecular formula is C25H38N8O3. The molecule has 0 radical (unpaired) electrons. The summed E-state index contributed by atoms with van der Waals surface area (Å²) in [5.41, 5.74) is 1.64. The van der Waals surface area contributed by atoms with Crippen LogP contribution in [0, 0.1) is 12.8 Å². The second-order valence-corrected chi connectivity index (χ2v) is 10.2. The number of nitrogens with one attached hydrogen (secondary N) is 2. The van der Waals surface area contributed by atoms with E-state index in [1.54, 1.807) is 23.3 Å². The monoisotopic (exact) mass is 498 g/mol. The number of likely N-dealkylation sites (tertiary alicyclic amines) is 1. The molecule has 11 heteroatoms. The minimum absolute atomic E-state index is 0.0674. The number of aryl methyl sites for hydroxylation is 1. The maximum atomic E-state index is 13.7. The predicted molar refractivity (Wildman–Crippen MR) is 134 cm³/mol. The van der Waals surface area contributed by atoms with Gasteiger partial charge in [-0.3, -0.25) is 14.6 Å². The van der Waals surface area contributed by atoms with Gasteiger partial charge in [0.1, 0.15) is 12.1 Å². The summed E-state index contributed by atoms with van der Waals surface area (Å²) in [7, 11) is 0. The fraction of sp³-hybridized carbons (Fsp3) is 0.640. The molecule has 0 unspecified atom stereocenters. The van der Waals surface area contributed by atoms with Crippen molar-refractivity contribution >= 4 is 11.8 Å². The third-order valence-corrected chi connectivity index (χ3v) is 7.01. The predicted octanol–water partition coefficient (Wildman–Crippen LogP) is 0.293. The molecular weight excluding hydrogens is 460 g/mol. The van der Waals surface area contributed by atoms with Crippen LogP contribution in [0.5, 0.6) is 0 Å². The molecule has 2 aromatic rings. The number of aliphatic hydroxyl groups excluding tert-OH is 1. The fourth-order valence-corrected chi connectivity index (χ4v) is 5.10. The summed E-state index contributed by atoms with van der Waals surface area (Å²) in [5, 5.41) is 25.1. The summed E-state index contributed by atoms with van der Waals surface area (Å²) in [5.74, 6) is -0.557. The molecule has 2 aliphatic heterocycles. The molecule has 2 amide bonds. The zero-order valence-corrected chi connectivity index (χ0v) is 21.4. The zero-order chi connectivity index (χ0) is 25.7. The maximum absolute atomic E-state index is 13.7. The molecule has 11 nitrogen and oxygen atoms in total. The van der Waals surface area contributed by atoms with Crippen molar-refractivity contribution in [3.8, 4) is 0 Å². The minimum Gasteiger partial charge on any atom is -0.391 e. The number of hydrogen-bond acceptors (Lipinski definition) is 8. The first-order chi connectivity index (χ1) is 17.3. The Balaban J connectivity index is 1.49. The zero-order valence-electron chi connectivity index (χ0n) is 21.4. The summed E-state index contributed by atoms with van der Waals surface area (Å²) in [4.78, 5) is 35.4. The van der Waals surface area contributed by atoms with E-state index in [1.807, 2.05) is 32.9 Å². The van der Waals surface area contributed by atoms with Gasteiger partial charge in [-0.2, -0.15) is 0 Å². The van der Waals surface area contributed by atoms with Crippen LogP contribution in [-0.4, -0.2) is 98.1 Å². The van der Waals surface area contributed by atoms with Crippen LogP contribution in [-0.2, 0) is 9.59 Å². The van der Waals surface area contributed by atoms with E-state index >= 15 is 0 Å². The van der Waals surface area contributed by atoms with Crippen LogP contribution >= 0.6 is 0 Å². The standard InChI is InChI=1S/C25H38N8O3/c1-17(2)23(33-15-18(3)29-30-33)25(36)32-16-20(34)13-22(32)24(35)28-21(19-5-4-7-27-14-19)6-10-31-11-8-26-9-12-31/h4-5,7,14-15,17,20-23,26,34H,6,8-13,16H2,1-3H3,(H,28,35)/t20-,21+,22+,23+/m1/s1. The average molecular weight is 499 g/mol. The summed E-state index contributed by atoms with van der Waals surface area (Å²) in [6.45, 7) is 10.5. The third kappa shape index (κ3) is 6.26. The van der Waals surface area contributed by atoms with Crippen molar-refractivity contribution in [3.05, 3.63) is 42.0 Å². The number of rotatable bonds is 9. The van der Waals surface area contributed by atoms with E-state index in [9.17, 15) is 14.7 Å². The van der Waals surface area contributed by atoms with Crippen LogP contribution in [0.15, 0.2) is 30.7 Å². The van der Waals surface area contributed by atoms with Crippen LogP contribution in [0.4, 0.5) is 0 Å². The number of amides is 2. The Kier molecular flexibility index (Phi) is 8.65. The lowest BCUT2D eigenvalue weighted by Crippen LogP contribution is -2.50. The Morgan fingerprint density at radius 1 is 1.28 bits per heavy atom. The van der Waals surface area contributed by atoms with Crippen molar-refractivity contribution in [1.29, 1.82) is 0 Å². The number of carbonyl (C=O) groups excluding carboxylic acids is 2. The van der Waals surface area contributed by atoms with Crippen molar-refractivity contribution in [3.63, 3.8) is 0 Å². The molecule has 4 rings (SSSR count). The first-order valence-electron chi connectivity index (χ1n) is 12.8. The number of nitrogens with zero attached hydrogens (tertiary/aromatic N) is 6. The second-order valence-electron chi connectivity index (χ2n) is 10.2. The minimum atomic E-state index is -0.757. The van der Waals surface area contributed by atoms with Gasteiger partial charge in [0.25, 0.3) is 0 Å². The van der Waals surface area contributed by atoms with Crippen LogP contribution < -0.4 is 10.6 Å². The maximum Gasteiger partial charge on any atom is 0.248 e. The molecule has 196 valence electrons. The Morgan fingerprint density at radius 3 is 2.69 bits per heavy atom. The van der Waals surface area contributed by atoms with E-state index in [-0.39, 0.29) is 36.7 Å². The molecule has 2 aliphatic rings. The largest absolute Gasteiger partial charge is 0.391 e. The van der Waals surface area contributed by atoms with Gasteiger partial charge < -0.3 is 25.5 Å². The molecule has 2 aromatic heterocycles. The lowest BCUT2D eigenvalue weighted by atomic mass is 10.0. The third-order valence-electron chi connectivity index (χ3n) is 7.01. The lowest BCUT2D eigenvalue weighted by molar-refractivity contribution is -0.142. The molecule has 4 atom stereocenters. The second kappa shape index (κ2) is 11.9. The molecule has 2 fully saturated rings. The molecule has 2 saturated heterocycles. The van der Waals surface area contributed by atoms with Crippen LogP contribution in [0.1, 0.15) is 50.0 Å². The normalized spacial score (nSPS) is 22.5. The summed E-state index contributed by atoms with van der Waals surface area (Å²) in [6, 6.07) is 2.23.